The van der Waals surface area contributed by atoms with Crippen LogP contribution in [0.5, 0.6) is 0 Å². The second kappa shape index (κ2) is 5.51. The maximum atomic E-state index is 11.8. The molecule has 0 saturated carbocycles. The van der Waals surface area contributed by atoms with E-state index in [1.165, 1.54) is 0 Å². The largest absolute Gasteiger partial charge is 0.475 e. The topological polar surface area (TPSA) is 117 Å². The molecular weight excluding hydrogens is 262 g/mol. The van der Waals surface area contributed by atoms with Crippen molar-refractivity contribution in [1.29, 1.82) is 0 Å². The molecule has 1 aromatic rings. The predicted molar refractivity (Wildman–Crippen MR) is 61.7 cm³/mol. The first-order valence-electron chi connectivity index (χ1n) is 5.24. The van der Waals surface area contributed by atoms with Gasteiger partial charge in [0.2, 0.25) is 10.9 Å². The highest BCUT2D eigenvalue weighted by Crippen LogP contribution is 2.15. The standard InChI is InChI=1S/C10H15NO6S/c1-6(2)7(5-12)11-18(15,16)9-4-3-8(17-9)10(13)14/h3-4,6-7,11-12H,5H2,1-2H3,(H,13,14). The Morgan fingerprint density at radius 2 is 2.06 bits per heavy atom. The van der Waals surface area contributed by atoms with Crippen molar-refractivity contribution in [2.45, 2.75) is 25.0 Å². The second-order valence-corrected chi connectivity index (χ2v) is 5.72. The molecule has 0 amide bonds. The van der Waals surface area contributed by atoms with Crippen LogP contribution in [0.2, 0.25) is 0 Å². The molecule has 8 heteroatoms. The normalized spacial score (nSPS) is 13.8. The Kier molecular flexibility index (Phi) is 4.49. The zero-order valence-electron chi connectivity index (χ0n) is 9.95. The Morgan fingerprint density at radius 1 is 1.44 bits per heavy atom. The zero-order valence-corrected chi connectivity index (χ0v) is 10.8. The number of furan rings is 1. The van der Waals surface area contributed by atoms with Gasteiger partial charge in [0.1, 0.15) is 0 Å². The second-order valence-electron chi connectivity index (χ2n) is 4.08. The SMILES string of the molecule is CC(C)C(CO)NS(=O)(=O)c1ccc(C(=O)O)o1. The molecule has 18 heavy (non-hydrogen) atoms. The minimum atomic E-state index is -3.97. The average Bonchev–Trinajstić information content (AvgIpc) is 2.75. The maximum absolute atomic E-state index is 11.8. The van der Waals surface area contributed by atoms with E-state index >= 15 is 0 Å². The fourth-order valence-corrected chi connectivity index (χ4v) is 2.53. The van der Waals surface area contributed by atoms with Crippen molar-refractivity contribution in [3.8, 4) is 0 Å². The number of rotatable bonds is 6. The van der Waals surface area contributed by atoms with Gasteiger partial charge in [-0.05, 0) is 18.1 Å². The zero-order chi connectivity index (χ0) is 13.9. The van der Waals surface area contributed by atoms with E-state index in [2.05, 4.69) is 4.72 Å². The van der Waals surface area contributed by atoms with E-state index in [1.54, 1.807) is 13.8 Å². The Balaban J connectivity index is 2.95. The first-order valence-corrected chi connectivity index (χ1v) is 6.72. The molecule has 0 aliphatic heterocycles. The van der Waals surface area contributed by atoms with Gasteiger partial charge in [0.15, 0.2) is 0 Å². The Morgan fingerprint density at radius 3 is 2.44 bits per heavy atom. The highest BCUT2D eigenvalue weighted by atomic mass is 32.2. The number of sulfonamides is 1. The lowest BCUT2D eigenvalue weighted by Gasteiger charge is -2.18. The van der Waals surface area contributed by atoms with Crippen LogP contribution in [0.25, 0.3) is 0 Å². The summed E-state index contributed by atoms with van der Waals surface area (Å²) in [6.07, 6.45) is 0. The molecule has 0 aromatic carbocycles. The lowest BCUT2D eigenvalue weighted by molar-refractivity contribution is 0.0656. The maximum Gasteiger partial charge on any atom is 0.371 e. The first-order chi connectivity index (χ1) is 8.27. The molecule has 1 unspecified atom stereocenters. The minimum Gasteiger partial charge on any atom is -0.475 e. The molecule has 1 rings (SSSR count). The molecular formula is C10H15NO6S. The van der Waals surface area contributed by atoms with E-state index in [0.29, 0.717) is 0 Å². The third-order valence-electron chi connectivity index (χ3n) is 2.36. The van der Waals surface area contributed by atoms with Crippen LogP contribution in [0.4, 0.5) is 0 Å². The van der Waals surface area contributed by atoms with E-state index in [4.69, 9.17) is 14.6 Å². The average molecular weight is 277 g/mol. The number of hydrogen-bond acceptors (Lipinski definition) is 5. The number of nitrogens with one attached hydrogen (secondary N) is 1. The molecule has 7 nitrogen and oxygen atoms in total. The molecule has 0 aliphatic rings. The first kappa shape index (κ1) is 14.7. The van der Waals surface area contributed by atoms with Gasteiger partial charge in [0, 0.05) is 6.04 Å². The number of carboxylic acid groups (broad SMARTS) is 1. The summed E-state index contributed by atoms with van der Waals surface area (Å²) in [6, 6.07) is 1.45. The van der Waals surface area contributed by atoms with E-state index in [0.717, 1.165) is 12.1 Å². The van der Waals surface area contributed by atoms with Gasteiger partial charge < -0.3 is 14.6 Å². The number of carboxylic acids is 1. The van der Waals surface area contributed by atoms with Crippen molar-refractivity contribution in [3.63, 3.8) is 0 Å². The summed E-state index contributed by atoms with van der Waals surface area (Å²) < 4.78 is 30.6. The lowest BCUT2D eigenvalue weighted by atomic mass is 10.1. The van der Waals surface area contributed by atoms with Crippen LogP contribution in [0.3, 0.4) is 0 Å². The van der Waals surface area contributed by atoms with Crippen LogP contribution in [0, 0.1) is 5.92 Å². The third-order valence-corrected chi connectivity index (χ3v) is 3.73. The Bertz CT molecular complexity index is 518. The van der Waals surface area contributed by atoms with Crippen molar-refractivity contribution < 1.29 is 27.8 Å². The van der Waals surface area contributed by atoms with Crippen LogP contribution in [0.15, 0.2) is 21.6 Å². The van der Waals surface area contributed by atoms with Gasteiger partial charge in [-0.25, -0.2) is 17.9 Å². The van der Waals surface area contributed by atoms with Crippen molar-refractivity contribution in [2.75, 3.05) is 6.61 Å². The summed E-state index contributed by atoms with van der Waals surface area (Å²) in [6.45, 7) is 3.13. The van der Waals surface area contributed by atoms with E-state index < -0.39 is 32.9 Å². The van der Waals surface area contributed by atoms with Crippen LogP contribution >= 0.6 is 0 Å². The van der Waals surface area contributed by atoms with Crippen LogP contribution < -0.4 is 4.72 Å². The quantitative estimate of drug-likeness (QED) is 0.687. The third kappa shape index (κ3) is 3.31. The highest BCUT2D eigenvalue weighted by molar-refractivity contribution is 7.89. The fraction of sp³-hybridized carbons (Fsp3) is 0.500. The van der Waals surface area contributed by atoms with E-state index in [9.17, 15) is 13.2 Å². The summed E-state index contributed by atoms with van der Waals surface area (Å²) in [5.41, 5.74) is 0. The molecule has 0 bridgehead atoms. The fourth-order valence-electron chi connectivity index (χ4n) is 1.22. The summed E-state index contributed by atoms with van der Waals surface area (Å²) in [7, 11) is -3.97. The molecule has 1 atom stereocenters. The molecule has 0 aliphatic carbocycles. The predicted octanol–water partition coefficient (Wildman–Crippen LogP) is 0.273. The van der Waals surface area contributed by atoms with Gasteiger partial charge >= 0.3 is 5.97 Å². The molecule has 0 saturated heterocycles. The molecule has 0 fully saturated rings. The van der Waals surface area contributed by atoms with Gasteiger partial charge in [0.05, 0.1) is 6.61 Å². The van der Waals surface area contributed by atoms with Crippen LogP contribution in [-0.2, 0) is 10.0 Å². The number of aliphatic hydroxyl groups excluding tert-OH is 1. The summed E-state index contributed by atoms with van der Waals surface area (Å²) in [4.78, 5) is 10.6. The van der Waals surface area contributed by atoms with Crippen molar-refractivity contribution in [1.82, 2.24) is 4.72 Å². The van der Waals surface area contributed by atoms with Crippen LogP contribution in [-0.4, -0.2) is 37.2 Å². The van der Waals surface area contributed by atoms with Crippen molar-refractivity contribution in [3.05, 3.63) is 17.9 Å². The molecule has 1 heterocycles. The molecule has 1 aromatic heterocycles. The lowest BCUT2D eigenvalue weighted by Crippen LogP contribution is -2.40. The van der Waals surface area contributed by atoms with Gasteiger partial charge in [-0.2, -0.15) is 0 Å². The molecule has 0 radical (unpaired) electrons. The number of aliphatic hydroxyl groups is 1. The summed E-state index contributed by atoms with van der Waals surface area (Å²) in [5, 5.41) is 17.2. The Hall–Kier alpha value is -1.38. The summed E-state index contributed by atoms with van der Waals surface area (Å²) in [5.74, 6) is -1.92. The number of hydrogen-bond donors (Lipinski definition) is 3. The number of aromatic carboxylic acids is 1. The minimum absolute atomic E-state index is 0.112. The molecule has 0 spiro atoms. The van der Waals surface area contributed by atoms with Crippen molar-refractivity contribution >= 4 is 16.0 Å². The monoisotopic (exact) mass is 277 g/mol. The van der Waals surface area contributed by atoms with Gasteiger partial charge in [-0.15, -0.1) is 0 Å². The molecule has 102 valence electrons. The van der Waals surface area contributed by atoms with Gasteiger partial charge in [0.25, 0.3) is 10.0 Å². The van der Waals surface area contributed by atoms with E-state index in [-0.39, 0.29) is 12.5 Å². The van der Waals surface area contributed by atoms with Crippen molar-refractivity contribution in [2.24, 2.45) is 5.92 Å². The summed E-state index contributed by atoms with van der Waals surface area (Å²) >= 11 is 0. The van der Waals surface area contributed by atoms with Gasteiger partial charge in [-0.3, -0.25) is 0 Å². The smallest absolute Gasteiger partial charge is 0.371 e. The van der Waals surface area contributed by atoms with Crippen LogP contribution in [0.1, 0.15) is 24.4 Å². The Labute approximate surface area is 104 Å². The highest BCUT2D eigenvalue weighted by Gasteiger charge is 2.25. The van der Waals surface area contributed by atoms with E-state index in [1.807, 2.05) is 0 Å². The molecule has 3 N–H and O–H groups in total. The van der Waals surface area contributed by atoms with Gasteiger partial charge in [-0.1, -0.05) is 13.8 Å². The number of carbonyl (C=O) groups is 1.